The zero-order chi connectivity index (χ0) is 17.4. The van der Waals surface area contributed by atoms with E-state index in [1.807, 2.05) is 0 Å². The molecule has 0 aliphatic carbocycles. The van der Waals surface area contributed by atoms with E-state index in [0.29, 0.717) is 11.4 Å². The lowest BCUT2D eigenvalue weighted by Crippen LogP contribution is -2.30. The largest absolute Gasteiger partial charge is 0.466 e. The first kappa shape index (κ1) is 15.7. The smallest absolute Gasteiger partial charge is 0.337 e. The van der Waals surface area contributed by atoms with Gasteiger partial charge in [-0.15, -0.1) is 0 Å². The summed E-state index contributed by atoms with van der Waals surface area (Å²) in [5.74, 6) is -2.17. The molecule has 2 aliphatic heterocycles. The lowest BCUT2D eigenvalue weighted by molar-refractivity contribution is -0.385. The van der Waals surface area contributed by atoms with E-state index < -0.39 is 22.8 Å². The minimum atomic E-state index is -0.912. The van der Waals surface area contributed by atoms with E-state index in [4.69, 9.17) is 9.47 Å². The number of para-hydroxylation sites is 1. The number of dihydropyridines is 1. The average Bonchev–Trinajstić information content (AvgIpc) is 2.93. The van der Waals surface area contributed by atoms with E-state index in [0.717, 1.165) is 0 Å². The van der Waals surface area contributed by atoms with E-state index in [1.165, 1.54) is 25.3 Å². The van der Waals surface area contributed by atoms with Gasteiger partial charge >= 0.3 is 11.9 Å². The first-order valence-corrected chi connectivity index (χ1v) is 7.15. The number of methoxy groups -OCH3 is 1. The van der Waals surface area contributed by atoms with Crippen LogP contribution < -0.4 is 5.32 Å². The molecule has 0 unspecified atom stereocenters. The predicted octanol–water partition coefficient (Wildman–Crippen LogP) is 1.54. The van der Waals surface area contributed by atoms with Gasteiger partial charge in [0.25, 0.3) is 5.69 Å². The van der Waals surface area contributed by atoms with E-state index in [9.17, 15) is 19.7 Å². The third-order valence-corrected chi connectivity index (χ3v) is 4.06. The maximum atomic E-state index is 12.3. The third-order valence-electron chi connectivity index (χ3n) is 4.06. The van der Waals surface area contributed by atoms with Crippen LogP contribution in [0.2, 0.25) is 0 Å². The number of nitrogens with zero attached hydrogens (tertiary/aromatic N) is 1. The van der Waals surface area contributed by atoms with Crippen molar-refractivity contribution in [2.45, 2.75) is 12.8 Å². The van der Waals surface area contributed by atoms with Gasteiger partial charge in [0.05, 0.1) is 34.8 Å². The number of benzene rings is 1. The van der Waals surface area contributed by atoms with Crippen LogP contribution in [-0.2, 0) is 19.1 Å². The lowest BCUT2D eigenvalue weighted by atomic mass is 9.80. The fourth-order valence-corrected chi connectivity index (χ4v) is 3.06. The summed E-state index contributed by atoms with van der Waals surface area (Å²) in [4.78, 5) is 35.3. The van der Waals surface area contributed by atoms with Crippen LogP contribution in [-0.4, -0.2) is 30.6 Å². The van der Waals surface area contributed by atoms with E-state index in [1.54, 1.807) is 13.0 Å². The van der Waals surface area contributed by atoms with Gasteiger partial charge in [-0.05, 0) is 6.92 Å². The van der Waals surface area contributed by atoms with E-state index in [2.05, 4.69) is 5.32 Å². The molecule has 8 heteroatoms. The summed E-state index contributed by atoms with van der Waals surface area (Å²) < 4.78 is 9.85. The van der Waals surface area contributed by atoms with Crippen LogP contribution in [0.15, 0.2) is 46.8 Å². The van der Waals surface area contributed by atoms with E-state index in [-0.39, 0.29) is 29.0 Å². The number of carbonyl (C=O) groups excluding carboxylic acids is 2. The number of esters is 2. The Kier molecular flexibility index (Phi) is 3.80. The molecule has 2 heterocycles. The zero-order valence-electron chi connectivity index (χ0n) is 13.0. The molecule has 0 saturated heterocycles. The van der Waals surface area contributed by atoms with Gasteiger partial charge in [-0.3, -0.25) is 10.1 Å². The van der Waals surface area contributed by atoms with Crippen LogP contribution >= 0.6 is 0 Å². The van der Waals surface area contributed by atoms with Crippen LogP contribution in [0.3, 0.4) is 0 Å². The second-order valence-corrected chi connectivity index (χ2v) is 5.37. The third kappa shape index (κ3) is 2.32. The van der Waals surface area contributed by atoms with Crippen molar-refractivity contribution in [2.24, 2.45) is 0 Å². The van der Waals surface area contributed by atoms with Gasteiger partial charge in [0.15, 0.2) is 0 Å². The van der Waals surface area contributed by atoms with Crippen LogP contribution in [0.5, 0.6) is 0 Å². The van der Waals surface area contributed by atoms with Gasteiger partial charge in [-0.25, -0.2) is 9.59 Å². The average molecular weight is 330 g/mol. The maximum Gasteiger partial charge on any atom is 0.337 e. The molecule has 2 aliphatic rings. The molecule has 1 aromatic carbocycles. The van der Waals surface area contributed by atoms with Crippen molar-refractivity contribution < 1.29 is 24.0 Å². The second kappa shape index (κ2) is 5.80. The maximum absolute atomic E-state index is 12.3. The van der Waals surface area contributed by atoms with Crippen LogP contribution in [0, 0.1) is 10.1 Å². The molecular weight excluding hydrogens is 316 g/mol. The topological polar surface area (TPSA) is 108 Å². The van der Waals surface area contributed by atoms with Crippen molar-refractivity contribution in [1.29, 1.82) is 0 Å². The first-order valence-electron chi connectivity index (χ1n) is 7.15. The van der Waals surface area contributed by atoms with Crippen LogP contribution in [0.4, 0.5) is 5.69 Å². The fourth-order valence-electron chi connectivity index (χ4n) is 3.06. The number of nitro groups is 1. The Morgan fingerprint density at radius 1 is 1.42 bits per heavy atom. The first-order chi connectivity index (χ1) is 11.5. The number of allylic oxidation sites excluding steroid dienone is 1. The molecule has 124 valence electrons. The predicted molar refractivity (Wildman–Crippen MR) is 81.7 cm³/mol. The highest BCUT2D eigenvalue weighted by atomic mass is 16.6. The van der Waals surface area contributed by atoms with Crippen molar-refractivity contribution in [3.05, 3.63) is 62.5 Å². The minimum absolute atomic E-state index is 0.0388. The molecule has 1 atom stereocenters. The SMILES string of the molecule is COC(=O)C1=C(C)NC2=C(C(=O)OC2)[C@H]1c1ccccc1[N+](=O)[O-]. The monoisotopic (exact) mass is 330 g/mol. The quantitative estimate of drug-likeness (QED) is 0.509. The Hall–Kier alpha value is -3.16. The Labute approximate surface area is 136 Å². The summed E-state index contributed by atoms with van der Waals surface area (Å²) in [5.41, 5.74) is 1.41. The summed E-state index contributed by atoms with van der Waals surface area (Å²) in [6, 6.07) is 6.01. The summed E-state index contributed by atoms with van der Waals surface area (Å²) in [7, 11) is 1.22. The Bertz CT molecular complexity index is 824. The van der Waals surface area contributed by atoms with Gasteiger partial charge in [0, 0.05) is 17.3 Å². The highest BCUT2D eigenvalue weighted by Crippen LogP contribution is 2.44. The molecule has 1 aromatic rings. The van der Waals surface area contributed by atoms with Crippen LogP contribution in [0.1, 0.15) is 18.4 Å². The molecule has 0 bridgehead atoms. The zero-order valence-corrected chi connectivity index (χ0v) is 13.0. The molecule has 8 nitrogen and oxygen atoms in total. The van der Waals surface area contributed by atoms with Gasteiger partial charge in [-0.1, -0.05) is 18.2 Å². The van der Waals surface area contributed by atoms with E-state index >= 15 is 0 Å². The molecule has 0 amide bonds. The lowest BCUT2D eigenvalue weighted by Gasteiger charge is -2.27. The Balaban J connectivity index is 2.26. The molecule has 0 saturated carbocycles. The summed E-state index contributed by atoms with van der Waals surface area (Å²) >= 11 is 0. The van der Waals surface area contributed by atoms with Gasteiger partial charge < -0.3 is 14.8 Å². The molecule has 0 spiro atoms. The number of nitro benzene ring substituents is 1. The fraction of sp³-hybridized carbons (Fsp3) is 0.250. The second-order valence-electron chi connectivity index (χ2n) is 5.37. The summed E-state index contributed by atoms with van der Waals surface area (Å²) in [6.45, 7) is 1.69. The molecule has 1 N–H and O–H groups in total. The number of ether oxygens (including phenoxy) is 2. The number of rotatable bonds is 3. The number of nitrogens with one attached hydrogen (secondary N) is 1. The van der Waals surface area contributed by atoms with Crippen LogP contribution in [0.25, 0.3) is 0 Å². The van der Waals surface area contributed by atoms with Crippen molar-refractivity contribution in [2.75, 3.05) is 13.7 Å². The highest BCUT2D eigenvalue weighted by molar-refractivity contribution is 6.01. The normalized spacial score (nSPS) is 19.6. The van der Waals surface area contributed by atoms with Crippen molar-refractivity contribution in [3.63, 3.8) is 0 Å². The van der Waals surface area contributed by atoms with Gasteiger partial charge in [0.1, 0.15) is 6.61 Å². The molecular formula is C16H14N2O6. The molecule has 0 aromatic heterocycles. The number of cyclic esters (lactones) is 1. The Morgan fingerprint density at radius 2 is 2.12 bits per heavy atom. The number of hydrogen-bond donors (Lipinski definition) is 1. The summed E-state index contributed by atoms with van der Waals surface area (Å²) in [6.07, 6.45) is 0. The summed E-state index contributed by atoms with van der Waals surface area (Å²) in [5, 5.41) is 14.4. The highest BCUT2D eigenvalue weighted by Gasteiger charge is 2.43. The number of carbonyl (C=O) groups is 2. The molecule has 3 rings (SSSR count). The minimum Gasteiger partial charge on any atom is -0.466 e. The Morgan fingerprint density at radius 3 is 2.79 bits per heavy atom. The molecule has 0 fully saturated rings. The van der Waals surface area contributed by atoms with Gasteiger partial charge in [0.2, 0.25) is 0 Å². The standard InChI is InChI=1S/C16H14N2O6/c1-8-12(15(19)23-2)13(14-10(17-8)7-24-16(14)20)9-5-3-4-6-11(9)18(21)22/h3-6,13,17H,7H2,1-2H3/t13-/m0/s1. The van der Waals surface area contributed by atoms with Crippen molar-refractivity contribution in [1.82, 2.24) is 5.32 Å². The van der Waals surface area contributed by atoms with Gasteiger partial charge in [-0.2, -0.15) is 0 Å². The molecule has 24 heavy (non-hydrogen) atoms. The van der Waals surface area contributed by atoms with Crippen molar-refractivity contribution >= 4 is 17.6 Å². The molecule has 0 radical (unpaired) electrons. The number of hydrogen-bond acceptors (Lipinski definition) is 7. The van der Waals surface area contributed by atoms with Crippen molar-refractivity contribution in [3.8, 4) is 0 Å².